The van der Waals surface area contributed by atoms with Crippen LogP contribution in [0, 0.1) is 5.92 Å². The smallest absolute Gasteiger partial charge is 0.244 e. The van der Waals surface area contributed by atoms with E-state index < -0.39 is 0 Å². The summed E-state index contributed by atoms with van der Waals surface area (Å²) in [7, 11) is 0. The van der Waals surface area contributed by atoms with E-state index in [9.17, 15) is 9.59 Å². The van der Waals surface area contributed by atoms with E-state index in [1.807, 2.05) is 60.0 Å². The van der Waals surface area contributed by atoms with Gasteiger partial charge in [-0.05, 0) is 36.5 Å². The quantitative estimate of drug-likeness (QED) is 0.474. The number of aromatic nitrogens is 1. The third-order valence-corrected chi connectivity index (χ3v) is 6.75. The number of hydrogen-bond acceptors (Lipinski definition) is 5. The van der Waals surface area contributed by atoms with Gasteiger partial charge >= 0.3 is 0 Å². The van der Waals surface area contributed by atoms with Crippen LogP contribution in [0.2, 0.25) is 0 Å². The highest BCUT2D eigenvalue weighted by atomic mass is 32.1. The predicted molar refractivity (Wildman–Crippen MR) is 134 cm³/mol. The monoisotopic (exact) mass is 462 g/mol. The largest absolute Gasteiger partial charge is 0.375 e. The van der Waals surface area contributed by atoms with Crippen molar-refractivity contribution in [1.82, 2.24) is 9.88 Å². The van der Waals surface area contributed by atoms with Gasteiger partial charge in [0, 0.05) is 29.6 Å². The molecule has 1 aliphatic carbocycles. The van der Waals surface area contributed by atoms with Crippen molar-refractivity contribution in [3.8, 4) is 11.3 Å². The van der Waals surface area contributed by atoms with Gasteiger partial charge in [0.25, 0.3) is 0 Å². The van der Waals surface area contributed by atoms with E-state index in [1.165, 1.54) is 30.6 Å². The predicted octanol–water partition coefficient (Wildman–Crippen LogP) is 5.33. The summed E-state index contributed by atoms with van der Waals surface area (Å²) in [5.41, 5.74) is 9.18. The van der Waals surface area contributed by atoms with Crippen LogP contribution >= 0.6 is 11.3 Å². The standard InChI is InChI=1S/C26H30N4O2S/c27-26-29-23(18-33-26)21-11-13-22(14-12-21)28-24(31)17-30(16-20-9-5-2-6-10-20)25(32)15-19-7-3-1-4-8-19/h2,5-6,9-14,18-19H,1,3-4,7-8,15-17H2,(H2,27,29)(H,28,31). The Morgan fingerprint density at radius 3 is 2.42 bits per heavy atom. The Labute approximate surface area is 198 Å². The van der Waals surface area contributed by atoms with Gasteiger partial charge in [-0.25, -0.2) is 4.98 Å². The van der Waals surface area contributed by atoms with Gasteiger partial charge in [-0.3, -0.25) is 9.59 Å². The third kappa shape index (κ3) is 6.65. The van der Waals surface area contributed by atoms with Crippen LogP contribution in [-0.2, 0) is 16.1 Å². The van der Waals surface area contributed by atoms with Gasteiger partial charge in [-0.2, -0.15) is 0 Å². The van der Waals surface area contributed by atoms with Crippen LogP contribution in [0.25, 0.3) is 11.3 Å². The fraction of sp³-hybridized carbons (Fsp3) is 0.346. The molecule has 172 valence electrons. The molecule has 1 saturated carbocycles. The first kappa shape index (κ1) is 23.0. The SMILES string of the molecule is Nc1nc(-c2ccc(NC(=O)CN(Cc3ccccc3)C(=O)CC3CCCCC3)cc2)cs1. The van der Waals surface area contributed by atoms with Crippen molar-refractivity contribution < 1.29 is 9.59 Å². The van der Waals surface area contributed by atoms with Crippen LogP contribution in [0.3, 0.4) is 0 Å². The first-order valence-electron chi connectivity index (χ1n) is 11.5. The number of nitrogens with zero attached hydrogens (tertiary/aromatic N) is 2. The maximum Gasteiger partial charge on any atom is 0.244 e. The molecular weight excluding hydrogens is 432 g/mol. The van der Waals surface area contributed by atoms with Gasteiger partial charge in [0.15, 0.2) is 5.13 Å². The van der Waals surface area contributed by atoms with Gasteiger partial charge in [0.2, 0.25) is 11.8 Å². The van der Waals surface area contributed by atoms with E-state index in [0.717, 1.165) is 29.7 Å². The Kier molecular flexibility index (Phi) is 7.73. The molecule has 0 spiro atoms. The van der Waals surface area contributed by atoms with E-state index in [1.54, 1.807) is 4.90 Å². The number of nitrogens with two attached hydrogens (primary N) is 1. The van der Waals surface area contributed by atoms with Crippen molar-refractivity contribution in [3.63, 3.8) is 0 Å². The Morgan fingerprint density at radius 1 is 1.03 bits per heavy atom. The highest BCUT2D eigenvalue weighted by Gasteiger charge is 2.23. The summed E-state index contributed by atoms with van der Waals surface area (Å²) < 4.78 is 0. The summed E-state index contributed by atoms with van der Waals surface area (Å²) in [4.78, 5) is 31.9. The number of hydrogen-bond donors (Lipinski definition) is 2. The number of nitrogen functional groups attached to an aromatic ring is 1. The second kappa shape index (κ2) is 11.1. The molecule has 3 aromatic rings. The van der Waals surface area contributed by atoms with Gasteiger partial charge < -0.3 is 16.0 Å². The van der Waals surface area contributed by atoms with Crippen molar-refractivity contribution in [1.29, 1.82) is 0 Å². The molecule has 33 heavy (non-hydrogen) atoms. The summed E-state index contributed by atoms with van der Waals surface area (Å²) in [5.74, 6) is 0.283. The summed E-state index contributed by atoms with van der Waals surface area (Å²) in [5, 5.41) is 5.36. The van der Waals surface area contributed by atoms with E-state index in [-0.39, 0.29) is 18.4 Å². The van der Waals surface area contributed by atoms with E-state index >= 15 is 0 Å². The molecular formula is C26H30N4O2S. The lowest BCUT2D eigenvalue weighted by atomic mass is 9.86. The highest BCUT2D eigenvalue weighted by Crippen LogP contribution is 2.27. The normalized spacial score (nSPS) is 14.1. The van der Waals surface area contributed by atoms with Crippen LogP contribution < -0.4 is 11.1 Å². The molecule has 2 aromatic carbocycles. The lowest BCUT2D eigenvalue weighted by molar-refractivity contribution is -0.136. The molecule has 0 saturated heterocycles. The molecule has 0 radical (unpaired) electrons. The number of rotatable bonds is 8. The molecule has 0 bridgehead atoms. The second-order valence-electron chi connectivity index (χ2n) is 8.64. The summed E-state index contributed by atoms with van der Waals surface area (Å²) >= 11 is 1.40. The Bertz CT molecular complexity index is 1060. The zero-order valence-electron chi connectivity index (χ0n) is 18.7. The van der Waals surface area contributed by atoms with Crippen molar-refractivity contribution in [2.45, 2.75) is 45.1 Å². The average molecular weight is 463 g/mol. The molecule has 1 aromatic heterocycles. The maximum atomic E-state index is 13.1. The number of anilines is 2. The lowest BCUT2D eigenvalue weighted by Crippen LogP contribution is -2.38. The Morgan fingerprint density at radius 2 is 1.76 bits per heavy atom. The van der Waals surface area contributed by atoms with Crippen LogP contribution in [0.5, 0.6) is 0 Å². The van der Waals surface area contributed by atoms with Crippen molar-refractivity contribution >= 4 is 34.0 Å². The first-order chi connectivity index (χ1) is 16.1. The minimum Gasteiger partial charge on any atom is -0.375 e. The number of thiazole rings is 1. The summed E-state index contributed by atoms with van der Waals surface area (Å²) in [6.07, 6.45) is 6.38. The molecule has 1 fully saturated rings. The number of carbonyl (C=O) groups is 2. The minimum absolute atomic E-state index is 0.0326. The molecule has 1 aliphatic rings. The van der Waals surface area contributed by atoms with Crippen LogP contribution in [0.4, 0.5) is 10.8 Å². The fourth-order valence-electron chi connectivity index (χ4n) is 4.32. The molecule has 0 unspecified atom stereocenters. The van der Waals surface area contributed by atoms with Crippen molar-refractivity contribution in [3.05, 3.63) is 65.5 Å². The maximum absolute atomic E-state index is 13.1. The average Bonchev–Trinajstić information content (AvgIpc) is 3.26. The van der Waals surface area contributed by atoms with Gasteiger partial charge in [0.05, 0.1) is 5.69 Å². The number of carbonyl (C=O) groups excluding carboxylic acids is 2. The highest BCUT2D eigenvalue weighted by molar-refractivity contribution is 7.13. The molecule has 7 heteroatoms. The third-order valence-electron chi connectivity index (χ3n) is 6.08. The van der Waals surface area contributed by atoms with E-state index in [2.05, 4.69) is 10.3 Å². The summed E-state index contributed by atoms with van der Waals surface area (Å²) in [6.45, 7) is 0.467. The number of benzene rings is 2. The first-order valence-corrected chi connectivity index (χ1v) is 12.4. The Hall–Kier alpha value is -3.19. The molecule has 4 rings (SSSR count). The van der Waals surface area contributed by atoms with Crippen LogP contribution in [-0.4, -0.2) is 28.2 Å². The second-order valence-corrected chi connectivity index (χ2v) is 9.53. The lowest BCUT2D eigenvalue weighted by Gasteiger charge is -2.27. The van der Waals surface area contributed by atoms with Gasteiger partial charge in [-0.15, -0.1) is 11.3 Å². The number of amides is 2. The Balaban J connectivity index is 1.39. The molecule has 3 N–H and O–H groups in total. The fourth-order valence-corrected chi connectivity index (χ4v) is 4.89. The van der Waals surface area contributed by atoms with Gasteiger partial charge in [-0.1, -0.05) is 61.7 Å². The number of nitrogens with one attached hydrogen (secondary N) is 1. The van der Waals surface area contributed by atoms with Crippen LogP contribution in [0.1, 0.15) is 44.1 Å². The van der Waals surface area contributed by atoms with E-state index in [4.69, 9.17) is 5.73 Å². The molecule has 0 aliphatic heterocycles. The van der Waals surface area contributed by atoms with Crippen LogP contribution in [0.15, 0.2) is 60.0 Å². The summed E-state index contributed by atoms with van der Waals surface area (Å²) in [6, 6.07) is 17.3. The zero-order chi connectivity index (χ0) is 23.0. The molecule has 2 amide bonds. The van der Waals surface area contributed by atoms with Crippen molar-refractivity contribution in [2.24, 2.45) is 5.92 Å². The van der Waals surface area contributed by atoms with Crippen molar-refractivity contribution in [2.75, 3.05) is 17.6 Å². The topological polar surface area (TPSA) is 88.3 Å². The molecule has 0 atom stereocenters. The van der Waals surface area contributed by atoms with E-state index in [0.29, 0.717) is 29.7 Å². The minimum atomic E-state index is -0.200. The molecule has 1 heterocycles. The molecule has 6 nitrogen and oxygen atoms in total. The zero-order valence-corrected chi connectivity index (χ0v) is 19.5. The van der Waals surface area contributed by atoms with Gasteiger partial charge in [0.1, 0.15) is 6.54 Å².